The van der Waals surface area contributed by atoms with Crippen molar-refractivity contribution in [3.8, 4) is 0 Å². The number of amides is 1. The summed E-state index contributed by atoms with van der Waals surface area (Å²) in [5, 5.41) is 3.25. The van der Waals surface area contributed by atoms with E-state index < -0.39 is 0 Å². The Labute approximate surface area is 185 Å². The quantitative estimate of drug-likeness (QED) is 0.648. The van der Waals surface area contributed by atoms with Crippen LogP contribution in [0.4, 0.5) is 0 Å². The molecule has 1 aromatic carbocycles. The molecule has 0 atom stereocenters. The molecule has 0 saturated carbocycles. The van der Waals surface area contributed by atoms with Crippen LogP contribution in [0, 0.1) is 0 Å². The lowest BCUT2D eigenvalue weighted by molar-refractivity contribution is 0.0736. The third kappa shape index (κ3) is 3.80. The molecule has 2 aromatic heterocycles. The van der Waals surface area contributed by atoms with Crippen LogP contribution >= 0.6 is 0 Å². The molecule has 4 rings (SSSR count). The molecule has 1 fully saturated rings. The van der Waals surface area contributed by atoms with Crippen molar-refractivity contribution in [1.82, 2.24) is 28.9 Å². The number of aromatic nitrogens is 4. The zero-order valence-corrected chi connectivity index (χ0v) is 18.7. The molecule has 1 saturated heterocycles. The Morgan fingerprint density at radius 3 is 2.31 bits per heavy atom. The van der Waals surface area contributed by atoms with Crippen molar-refractivity contribution in [1.29, 1.82) is 0 Å². The van der Waals surface area contributed by atoms with Crippen molar-refractivity contribution in [2.45, 2.75) is 26.9 Å². The van der Waals surface area contributed by atoms with Gasteiger partial charge < -0.3 is 14.8 Å². The number of benzene rings is 1. The Morgan fingerprint density at radius 2 is 1.69 bits per heavy atom. The highest BCUT2D eigenvalue weighted by Gasteiger charge is 2.19. The fourth-order valence-electron chi connectivity index (χ4n) is 4.05. The third-order valence-electron chi connectivity index (χ3n) is 5.90. The van der Waals surface area contributed by atoms with Gasteiger partial charge in [-0.1, -0.05) is 18.2 Å². The van der Waals surface area contributed by atoms with Gasteiger partial charge >= 0.3 is 5.69 Å². The summed E-state index contributed by atoms with van der Waals surface area (Å²) < 4.78 is 4.47. The maximum atomic E-state index is 12.8. The monoisotopic (exact) mass is 436 g/mol. The minimum Gasteiger partial charge on any atom is -0.336 e. The number of imidazole rings is 1. The minimum atomic E-state index is -0.342. The second kappa shape index (κ2) is 8.96. The predicted molar refractivity (Wildman–Crippen MR) is 125 cm³/mol. The molecular formula is C23H28N6O3. The second-order valence-corrected chi connectivity index (χ2v) is 7.78. The number of piperazine rings is 1. The van der Waals surface area contributed by atoms with Crippen LogP contribution in [0.25, 0.3) is 23.3 Å². The molecule has 0 unspecified atom stereocenters. The van der Waals surface area contributed by atoms with E-state index in [9.17, 15) is 14.4 Å². The fraction of sp³-hybridized carbons (Fsp3) is 0.391. The van der Waals surface area contributed by atoms with E-state index in [1.807, 2.05) is 48.2 Å². The smallest absolute Gasteiger partial charge is 0.332 e. The van der Waals surface area contributed by atoms with E-state index >= 15 is 0 Å². The van der Waals surface area contributed by atoms with Crippen molar-refractivity contribution >= 4 is 29.2 Å². The summed E-state index contributed by atoms with van der Waals surface area (Å²) in [5.74, 6) is 0.621. The predicted octanol–water partition coefficient (Wildman–Crippen LogP) is 1.15. The van der Waals surface area contributed by atoms with Crippen molar-refractivity contribution in [3.63, 3.8) is 0 Å². The largest absolute Gasteiger partial charge is 0.336 e. The van der Waals surface area contributed by atoms with Crippen LogP contribution in [0.15, 0.2) is 33.9 Å². The highest BCUT2D eigenvalue weighted by molar-refractivity contribution is 5.94. The van der Waals surface area contributed by atoms with E-state index in [-0.39, 0.29) is 17.2 Å². The van der Waals surface area contributed by atoms with Gasteiger partial charge in [-0.05, 0) is 37.6 Å². The highest BCUT2D eigenvalue weighted by Crippen LogP contribution is 2.15. The van der Waals surface area contributed by atoms with Gasteiger partial charge in [-0.3, -0.25) is 18.7 Å². The first-order valence-corrected chi connectivity index (χ1v) is 10.9. The van der Waals surface area contributed by atoms with Gasteiger partial charge in [0.1, 0.15) is 5.82 Å². The van der Waals surface area contributed by atoms with Gasteiger partial charge in [-0.2, -0.15) is 0 Å². The summed E-state index contributed by atoms with van der Waals surface area (Å²) in [5.41, 5.74) is 1.70. The van der Waals surface area contributed by atoms with Crippen LogP contribution in [0.2, 0.25) is 0 Å². The maximum absolute atomic E-state index is 12.8. The molecule has 0 spiro atoms. The van der Waals surface area contributed by atoms with Gasteiger partial charge in [0.25, 0.3) is 11.5 Å². The maximum Gasteiger partial charge on any atom is 0.332 e. The first-order chi connectivity index (χ1) is 15.5. The summed E-state index contributed by atoms with van der Waals surface area (Å²) in [4.78, 5) is 44.4. The van der Waals surface area contributed by atoms with Crippen LogP contribution in [-0.4, -0.2) is 55.7 Å². The number of nitrogens with zero attached hydrogens (tertiary/aromatic N) is 5. The topological polar surface area (TPSA) is 94.2 Å². The lowest BCUT2D eigenvalue weighted by atomic mass is 10.1. The Hall–Kier alpha value is -3.46. The highest BCUT2D eigenvalue weighted by atomic mass is 16.2. The standard InChI is InChI=1S/C23H28N6O3/c1-4-28-20-19(22(31)29(5-2)23(28)32)26(3)18(25-20)11-8-16-6-9-17(10-7-16)21(30)27-14-12-24-13-15-27/h6-11,24H,4-5,12-15H2,1-3H3. The molecule has 1 aliphatic rings. The molecule has 168 valence electrons. The van der Waals surface area contributed by atoms with E-state index in [0.717, 1.165) is 31.7 Å². The number of carbonyl (C=O) groups excluding carboxylic acids is 1. The Bertz CT molecular complexity index is 1290. The molecule has 1 amide bonds. The molecule has 3 heterocycles. The SMILES string of the molecule is CCn1c(=O)c2c(nc(C=Cc3ccc(C(=O)N4CCNCC4)cc3)n2C)n(CC)c1=O. The van der Waals surface area contributed by atoms with Gasteiger partial charge in [0.05, 0.1) is 0 Å². The molecule has 9 heteroatoms. The summed E-state index contributed by atoms with van der Waals surface area (Å²) in [6, 6.07) is 7.43. The van der Waals surface area contributed by atoms with Crippen molar-refractivity contribution in [2.24, 2.45) is 7.05 Å². The van der Waals surface area contributed by atoms with E-state index in [4.69, 9.17) is 0 Å². The van der Waals surface area contributed by atoms with Crippen LogP contribution in [0.5, 0.6) is 0 Å². The molecule has 1 aliphatic heterocycles. The zero-order chi connectivity index (χ0) is 22.8. The van der Waals surface area contributed by atoms with E-state index in [0.29, 0.717) is 35.6 Å². The molecular weight excluding hydrogens is 408 g/mol. The summed E-state index contributed by atoms with van der Waals surface area (Å²) in [6.45, 7) is 7.45. The van der Waals surface area contributed by atoms with Crippen LogP contribution in [0.3, 0.4) is 0 Å². The number of aryl methyl sites for hydroxylation is 2. The number of fused-ring (bicyclic) bond motifs is 1. The lowest BCUT2D eigenvalue weighted by Gasteiger charge is -2.27. The third-order valence-corrected chi connectivity index (χ3v) is 5.90. The molecule has 0 bridgehead atoms. The van der Waals surface area contributed by atoms with Crippen molar-refractivity contribution < 1.29 is 4.79 Å². The van der Waals surface area contributed by atoms with Gasteiger partial charge in [-0.25, -0.2) is 9.78 Å². The van der Waals surface area contributed by atoms with Gasteiger partial charge in [0.15, 0.2) is 11.2 Å². The first kappa shape index (κ1) is 21.8. The number of rotatable bonds is 5. The summed E-state index contributed by atoms with van der Waals surface area (Å²) in [7, 11) is 1.77. The molecule has 9 nitrogen and oxygen atoms in total. The average Bonchev–Trinajstić information content (AvgIpc) is 3.15. The number of nitrogens with one attached hydrogen (secondary N) is 1. The number of hydrogen-bond acceptors (Lipinski definition) is 5. The average molecular weight is 437 g/mol. The number of carbonyl (C=O) groups is 1. The van der Waals surface area contributed by atoms with E-state index in [1.54, 1.807) is 18.5 Å². The van der Waals surface area contributed by atoms with Crippen molar-refractivity contribution in [3.05, 3.63) is 62.1 Å². The fourth-order valence-corrected chi connectivity index (χ4v) is 4.05. The van der Waals surface area contributed by atoms with Crippen LogP contribution in [-0.2, 0) is 20.1 Å². The molecule has 0 aliphatic carbocycles. The Kier molecular flexibility index (Phi) is 6.09. The summed E-state index contributed by atoms with van der Waals surface area (Å²) in [6.07, 6.45) is 3.69. The minimum absolute atomic E-state index is 0.0436. The molecule has 1 N–H and O–H groups in total. The van der Waals surface area contributed by atoms with E-state index in [1.165, 1.54) is 9.13 Å². The normalized spacial score (nSPS) is 14.5. The van der Waals surface area contributed by atoms with Gasteiger partial charge in [-0.15, -0.1) is 0 Å². The van der Waals surface area contributed by atoms with Crippen LogP contribution in [0.1, 0.15) is 35.6 Å². The zero-order valence-electron chi connectivity index (χ0n) is 18.7. The molecule has 3 aromatic rings. The van der Waals surface area contributed by atoms with Crippen LogP contribution < -0.4 is 16.6 Å². The molecule has 0 radical (unpaired) electrons. The first-order valence-electron chi connectivity index (χ1n) is 10.9. The molecule has 32 heavy (non-hydrogen) atoms. The second-order valence-electron chi connectivity index (χ2n) is 7.78. The lowest BCUT2D eigenvalue weighted by Crippen LogP contribution is -2.46. The van der Waals surface area contributed by atoms with Gasteiger partial charge in [0, 0.05) is 51.9 Å². The summed E-state index contributed by atoms with van der Waals surface area (Å²) >= 11 is 0. The van der Waals surface area contributed by atoms with Gasteiger partial charge in [0.2, 0.25) is 0 Å². The Balaban J connectivity index is 1.63. The number of hydrogen-bond donors (Lipinski definition) is 1. The van der Waals surface area contributed by atoms with Crippen molar-refractivity contribution in [2.75, 3.05) is 26.2 Å². The van der Waals surface area contributed by atoms with E-state index in [2.05, 4.69) is 10.3 Å². The Morgan fingerprint density at radius 1 is 1.03 bits per heavy atom.